The van der Waals surface area contributed by atoms with Gasteiger partial charge in [0.25, 0.3) is 5.91 Å². The molecule has 1 aromatic carbocycles. The van der Waals surface area contributed by atoms with Crippen LogP contribution in [0.15, 0.2) is 30.7 Å². The first-order valence-corrected chi connectivity index (χ1v) is 8.41. The number of rotatable bonds is 4. The van der Waals surface area contributed by atoms with Crippen LogP contribution in [-0.4, -0.2) is 34.7 Å². The van der Waals surface area contributed by atoms with Crippen LogP contribution in [0.25, 0.3) is 11.3 Å². The van der Waals surface area contributed by atoms with E-state index >= 15 is 0 Å². The van der Waals surface area contributed by atoms with Crippen LogP contribution in [0.4, 0.5) is 0 Å². The minimum absolute atomic E-state index is 0.171. The van der Waals surface area contributed by atoms with Crippen molar-refractivity contribution in [2.45, 2.75) is 18.9 Å². The lowest BCUT2D eigenvalue weighted by Crippen LogP contribution is -2.44. The topological polar surface area (TPSA) is 82.2 Å². The van der Waals surface area contributed by atoms with Gasteiger partial charge in [0, 0.05) is 43.7 Å². The third-order valence-electron chi connectivity index (χ3n) is 5.16. The number of carbonyl (C=O) groups is 1. The number of hydrogen-bond acceptors (Lipinski definition) is 4. The third-order valence-corrected chi connectivity index (χ3v) is 5.16. The van der Waals surface area contributed by atoms with Gasteiger partial charge < -0.3 is 20.4 Å². The van der Waals surface area contributed by atoms with Gasteiger partial charge in [-0.05, 0) is 31.0 Å². The molecule has 2 aromatic rings. The molecule has 1 amide bonds. The lowest BCUT2D eigenvalue weighted by atomic mass is 9.96. The lowest BCUT2D eigenvalue weighted by molar-refractivity contribution is 0.0882. The smallest absolute Gasteiger partial charge is 0.252 e. The molecule has 4 rings (SSSR count). The zero-order valence-electron chi connectivity index (χ0n) is 13.7. The summed E-state index contributed by atoms with van der Waals surface area (Å²) in [7, 11) is 1.91. The number of nitrogens with zero attached hydrogens (tertiary/aromatic N) is 2. The number of hydrogen-bond donors (Lipinski definition) is 2. The molecule has 2 aliphatic rings. The number of aromatic nitrogens is 2. The van der Waals surface area contributed by atoms with Crippen LogP contribution < -0.4 is 15.8 Å². The standard InChI is InChI=1S/C18H22N4O2/c1-22-9-15(21-10-22)11-4-5-16(14(6-11)18(19)23)24-17-12-2-3-13(17)8-20-7-12/h4-6,9-10,12-13,17,20H,2-3,7-8H2,1H3,(H2,19,23). The predicted octanol–water partition coefficient (Wildman–Crippen LogP) is 1.56. The molecule has 126 valence electrons. The molecule has 2 heterocycles. The number of imidazole rings is 1. The van der Waals surface area contributed by atoms with Crippen LogP contribution >= 0.6 is 0 Å². The van der Waals surface area contributed by atoms with E-state index in [9.17, 15) is 4.79 Å². The summed E-state index contributed by atoms with van der Waals surface area (Å²) in [5, 5.41) is 3.45. The van der Waals surface area contributed by atoms with Crippen molar-refractivity contribution in [2.24, 2.45) is 24.6 Å². The maximum absolute atomic E-state index is 11.9. The van der Waals surface area contributed by atoms with Gasteiger partial charge in [0.05, 0.1) is 17.6 Å². The molecule has 2 atom stereocenters. The van der Waals surface area contributed by atoms with Gasteiger partial charge in [-0.25, -0.2) is 4.98 Å². The highest BCUT2D eigenvalue weighted by Gasteiger charge is 2.41. The predicted molar refractivity (Wildman–Crippen MR) is 90.7 cm³/mol. The zero-order valence-corrected chi connectivity index (χ0v) is 13.7. The third kappa shape index (κ3) is 2.67. The molecule has 3 N–H and O–H groups in total. The highest BCUT2D eigenvalue weighted by Crippen LogP contribution is 2.38. The fourth-order valence-electron chi connectivity index (χ4n) is 3.92. The molecular formula is C18H22N4O2. The molecule has 24 heavy (non-hydrogen) atoms. The number of fused-ring (bicyclic) bond motifs is 2. The molecule has 1 aliphatic heterocycles. The number of aryl methyl sites for hydroxylation is 1. The Morgan fingerprint density at radius 2 is 2.08 bits per heavy atom. The molecule has 1 aromatic heterocycles. The van der Waals surface area contributed by atoms with Crippen molar-refractivity contribution in [2.75, 3.05) is 13.1 Å². The number of piperidine rings is 1. The molecule has 6 nitrogen and oxygen atoms in total. The molecule has 2 unspecified atom stereocenters. The quantitative estimate of drug-likeness (QED) is 0.893. The van der Waals surface area contributed by atoms with E-state index in [0.717, 1.165) is 24.3 Å². The fraction of sp³-hybridized carbons (Fsp3) is 0.444. The van der Waals surface area contributed by atoms with E-state index in [0.29, 0.717) is 23.1 Å². The Kier molecular flexibility index (Phi) is 3.76. The van der Waals surface area contributed by atoms with E-state index in [4.69, 9.17) is 10.5 Å². The number of ether oxygens (including phenoxy) is 1. The van der Waals surface area contributed by atoms with Crippen molar-refractivity contribution in [1.29, 1.82) is 0 Å². The second-order valence-corrected chi connectivity index (χ2v) is 6.84. The van der Waals surface area contributed by atoms with Crippen molar-refractivity contribution in [1.82, 2.24) is 14.9 Å². The summed E-state index contributed by atoms with van der Waals surface area (Å²) >= 11 is 0. The Bertz CT molecular complexity index is 754. The molecule has 0 radical (unpaired) electrons. The summed E-state index contributed by atoms with van der Waals surface area (Å²) in [6.07, 6.45) is 6.18. The van der Waals surface area contributed by atoms with Crippen molar-refractivity contribution in [3.8, 4) is 17.0 Å². The van der Waals surface area contributed by atoms with Gasteiger partial charge in [-0.1, -0.05) is 0 Å². The first-order chi connectivity index (χ1) is 11.6. The van der Waals surface area contributed by atoms with Crippen molar-refractivity contribution < 1.29 is 9.53 Å². The van der Waals surface area contributed by atoms with Gasteiger partial charge in [0.1, 0.15) is 11.9 Å². The van der Waals surface area contributed by atoms with Crippen molar-refractivity contribution in [3.05, 3.63) is 36.3 Å². The van der Waals surface area contributed by atoms with E-state index in [1.165, 1.54) is 12.8 Å². The van der Waals surface area contributed by atoms with E-state index in [-0.39, 0.29) is 6.10 Å². The van der Waals surface area contributed by atoms with Crippen molar-refractivity contribution >= 4 is 5.91 Å². The minimum atomic E-state index is -0.468. The molecular weight excluding hydrogens is 304 g/mol. The Balaban J connectivity index is 1.64. The Labute approximate surface area is 141 Å². The largest absolute Gasteiger partial charge is 0.489 e. The average Bonchev–Trinajstić information content (AvgIpc) is 3.07. The molecule has 1 aliphatic carbocycles. The molecule has 6 heteroatoms. The number of nitrogens with two attached hydrogens (primary N) is 1. The van der Waals surface area contributed by atoms with E-state index in [1.807, 2.05) is 29.9 Å². The molecule has 2 fully saturated rings. The fourth-order valence-corrected chi connectivity index (χ4v) is 3.92. The summed E-state index contributed by atoms with van der Waals surface area (Å²) in [5.74, 6) is 1.15. The summed E-state index contributed by atoms with van der Waals surface area (Å²) < 4.78 is 8.14. The van der Waals surface area contributed by atoms with Crippen LogP contribution in [0.1, 0.15) is 23.2 Å². The van der Waals surface area contributed by atoms with E-state index < -0.39 is 5.91 Å². The van der Waals surface area contributed by atoms with Crippen molar-refractivity contribution in [3.63, 3.8) is 0 Å². The summed E-state index contributed by atoms with van der Waals surface area (Å²) in [6, 6.07) is 5.57. The second kappa shape index (κ2) is 5.94. The van der Waals surface area contributed by atoms with Gasteiger partial charge in [-0.3, -0.25) is 4.79 Å². The summed E-state index contributed by atoms with van der Waals surface area (Å²) in [4.78, 5) is 16.3. The number of benzene rings is 1. The Hall–Kier alpha value is -2.34. The molecule has 2 bridgehead atoms. The normalized spacial score (nSPS) is 25.6. The minimum Gasteiger partial charge on any atom is -0.489 e. The highest BCUT2D eigenvalue weighted by molar-refractivity contribution is 5.96. The molecule has 1 saturated carbocycles. The maximum Gasteiger partial charge on any atom is 0.252 e. The van der Waals surface area contributed by atoms with Gasteiger partial charge in [-0.2, -0.15) is 0 Å². The number of carbonyl (C=O) groups excluding carboxylic acids is 1. The second-order valence-electron chi connectivity index (χ2n) is 6.84. The highest BCUT2D eigenvalue weighted by atomic mass is 16.5. The number of amides is 1. The van der Waals surface area contributed by atoms with E-state index in [2.05, 4.69) is 10.3 Å². The lowest BCUT2D eigenvalue weighted by Gasteiger charge is -2.31. The number of nitrogens with one attached hydrogen (secondary N) is 1. The van der Waals surface area contributed by atoms with Crippen LogP contribution in [0, 0.1) is 11.8 Å². The van der Waals surface area contributed by atoms with Gasteiger partial charge in [0.15, 0.2) is 0 Å². The first-order valence-electron chi connectivity index (χ1n) is 8.41. The van der Waals surface area contributed by atoms with Crippen LogP contribution in [0.2, 0.25) is 0 Å². The van der Waals surface area contributed by atoms with Gasteiger partial charge in [-0.15, -0.1) is 0 Å². The Morgan fingerprint density at radius 1 is 1.33 bits per heavy atom. The summed E-state index contributed by atoms with van der Waals surface area (Å²) in [5.41, 5.74) is 7.71. The van der Waals surface area contributed by atoms with Crippen LogP contribution in [0.3, 0.4) is 0 Å². The van der Waals surface area contributed by atoms with Crippen LogP contribution in [0.5, 0.6) is 5.75 Å². The van der Waals surface area contributed by atoms with Crippen LogP contribution in [-0.2, 0) is 7.05 Å². The Morgan fingerprint density at radius 3 is 2.71 bits per heavy atom. The van der Waals surface area contributed by atoms with Gasteiger partial charge >= 0.3 is 0 Å². The van der Waals surface area contributed by atoms with E-state index in [1.54, 1.807) is 12.4 Å². The van der Waals surface area contributed by atoms with Gasteiger partial charge in [0.2, 0.25) is 0 Å². The first kappa shape index (κ1) is 15.2. The average molecular weight is 326 g/mol. The monoisotopic (exact) mass is 326 g/mol. The molecule has 1 saturated heterocycles. The summed E-state index contributed by atoms with van der Waals surface area (Å²) in [6.45, 7) is 1.97. The SMILES string of the molecule is Cn1cnc(-c2ccc(OC3C4CCC3CNC4)c(C(N)=O)c2)c1. The maximum atomic E-state index is 11.9. The zero-order chi connectivity index (χ0) is 16.7. The number of primary amides is 1. The molecule has 0 spiro atoms.